The summed E-state index contributed by atoms with van der Waals surface area (Å²) >= 11 is 5.99. The Balaban J connectivity index is 2.27. The maximum absolute atomic E-state index is 5.99. The first kappa shape index (κ1) is 11.5. The lowest BCUT2D eigenvalue weighted by Crippen LogP contribution is -2.25. The van der Waals surface area contributed by atoms with Crippen LogP contribution in [-0.4, -0.2) is 30.2 Å². The van der Waals surface area contributed by atoms with E-state index in [2.05, 4.69) is 14.9 Å². The number of aromatic nitrogens is 2. The average Bonchev–Trinajstić information content (AvgIpc) is 2.57. The molecule has 4 nitrogen and oxygen atoms in total. The van der Waals surface area contributed by atoms with E-state index in [1.165, 1.54) is 32.0 Å². The molecule has 1 fully saturated rings. The fraction of sp³-hybridized carbons (Fsp3) is 0.636. The van der Waals surface area contributed by atoms with E-state index < -0.39 is 0 Å². The molecule has 0 spiro atoms. The first-order chi connectivity index (χ1) is 7.83. The van der Waals surface area contributed by atoms with Crippen molar-refractivity contribution in [1.82, 2.24) is 9.97 Å². The van der Waals surface area contributed by atoms with Gasteiger partial charge in [0, 0.05) is 13.1 Å². The summed E-state index contributed by atoms with van der Waals surface area (Å²) in [6.07, 6.45) is 6.47. The van der Waals surface area contributed by atoms with Crippen LogP contribution in [0.4, 0.5) is 5.82 Å². The van der Waals surface area contributed by atoms with Gasteiger partial charge in [-0.05, 0) is 12.8 Å². The predicted octanol–water partition coefficient (Wildman–Crippen LogP) is 2.52. The van der Waals surface area contributed by atoms with Crippen LogP contribution in [0.5, 0.6) is 5.75 Å². The molecule has 0 radical (unpaired) electrons. The van der Waals surface area contributed by atoms with E-state index in [0.29, 0.717) is 10.9 Å². The summed E-state index contributed by atoms with van der Waals surface area (Å²) < 4.78 is 5.27. The molecule has 1 aromatic rings. The lowest BCUT2D eigenvalue weighted by molar-refractivity contribution is 0.410. The number of methoxy groups -OCH3 is 1. The van der Waals surface area contributed by atoms with E-state index in [4.69, 9.17) is 16.3 Å². The van der Waals surface area contributed by atoms with Crippen molar-refractivity contribution >= 4 is 17.4 Å². The van der Waals surface area contributed by atoms with Crippen molar-refractivity contribution in [2.45, 2.75) is 25.7 Å². The standard InChI is InChI=1S/C11H16ClN3O/c1-16-9-10(12)13-8-14-11(9)15-6-4-2-3-5-7-15/h8H,2-7H2,1H3. The molecule has 0 saturated carbocycles. The highest BCUT2D eigenvalue weighted by molar-refractivity contribution is 6.31. The van der Waals surface area contributed by atoms with Gasteiger partial charge in [0.25, 0.3) is 0 Å². The molecule has 0 aliphatic carbocycles. The number of rotatable bonds is 2. The molecular formula is C11H16ClN3O. The van der Waals surface area contributed by atoms with Crippen molar-refractivity contribution < 1.29 is 4.74 Å². The van der Waals surface area contributed by atoms with Gasteiger partial charge in [0.05, 0.1) is 7.11 Å². The van der Waals surface area contributed by atoms with Gasteiger partial charge in [0.1, 0.15) is 6.33 Å². The van der Waals surface area contributed by atoms with Crippen LogP contribution in [0.25, 0.3) is 0 Å². The van der Waals surface area contributed by atoms with E-state index in [-0.39, 0.29) is 0 Å². The number of halogens is 1. The molecule has 16 heavy (non-hydrogen) atoms. The summed E-state index contributed by atoms with van der Waals surface area (Å²) in [4.78, 5) is 10.4. The zero-order valence-corrected chi connectivity index (χ0v) is 10.2. The minimum Gasteiger partial charge on any atom is -0.490 e. The van der Waals surface area contributed by atoms with Crippen LogP contribution in [0.2, 0.25) is 5.15 Å². The van der Waals surface area contributed by atoms with Crippen molar-refractivity contribution in [2.75, 3.05) is 25.1 Å². The third-order valence-corrected chi connectivity index (χ3v) is 3.12. The van der Waals surface area contributed by atoms with Gasteiger partial charge in [-0.15, -0.1) is 0 Å². The normalized spacial score (nSPS) is 17.0. The summed E-state index contributed by atoms with van der Waals surface area (Å²) in [6, 6.07) is 0. The van der Waals surface area contributed by atoms with Crippen LogP contribution in [0, 0.1) is 0 Å². The van der Waals surface area contributed by atoms with Gasteiger partial charge in [-0.3, -0.25) is 0 Å². The molecule has 1 aliphatic rings. The molecule has 2 rings (SSSR count). The smallest absolute Gasteiger partial charge is 0.199 e. The summed E-state index contributed by atoms with van der Waals surface area (Å²) in [5.74, 6) is 1.41. The molecule has 0 bridgehead atoms. The van der Waals surface area contributed by atoms with E-state index in [1.54, 1.807) is 7.11 Å². The van der Waals surface area contributed by atoms with Crippen molar-refractivity contribution in [3.63, 3.8) is 0 Å². The highest BCUT2D eigenvalue weighted by Gasteiger charge is 2.18. The lowest BCUT2D eigenvalue weighted by Gasteiger charge is -2.23. The molecule has 2 heterocycles. The number of hydrogen-bond acceptors (Lipinski definition) is 4. The quantitative estimate of drug-likeness (QED) is 0.746. The van der Waals surface area contributed by atoms with E-state index in [1.807, 2.05) is 0 Å². The minimum absolute atomic E-state index is 0.386. The van der Waals surface area contributed by atoms with Gasteiger partial charge in [0.2, 0.25) is 0 Å². The van der Waals surface area contributed by atoms with Crippen molar-refractivity contribution in [3.05, 3.63) is 11.5 Å². The monoisotopic (exact) mass is 241 g/mol. The molecule has 0 atom stereocenters. The van der Waals surface area contributed by atoms with E-state index in [9.17, 15) is 0 Å². The Kier molecular flexibility index (Phi) is 3.83. The number of ether oxygens (including phenoxy) is 1. The van der Waals surface area contributed by atoms with Crippen molar-refractivity contribution in [1.29, 1.82) is 0 Å². The van der Waals surface area contributed by atoms with Gasteiger partial charge in [-0.2, -0.15) is 0 Å². The van der Waals surface area contributed by atoms with Gasteiger partial charge < -0.3 is 9.64 Å². The van der Waals surface area contributed by atoms with Crippen LogP contribution >= 0.6 is 11.6 Å². The van der Waals surface area contributed by atoms with Crippen molar-refractivity contribution in [3.8, 4) is 5.75 Å². The zero-order chi connectivity index (χ0) is 11.4. The minimum atomic E-state index is 0.386. The molecule has 0 unspecified atom stereocenters. The summed E-state index contributed by atoms with van der Waals surface area (Å²) in [5, 5.41) is 0.386. The third-order valence-electron chi connectivity index (χ3n) is 2.85. The molecular weight excluding hydrogens is 226 g/mol. The Morgan fingerprint density at radius 1 is 1.19 bits per heavy atom. The second-order valence-electron chi connectivity index (χ2n) is 3.92. The molecule has 5 heteroatoms. The largest absolute Gasteiger partial charge is 0.490 e. The Morgan fingerprint density at radius 3 is 2.50 bits per heavy atom. The Bertz CT molecular complexity index is 351. The third kappa shape index (κ3) is 2.38. The van der Waals surface area contributed by atoms with Gasteiger partial charge in [-0.25, -0.2) is 9.97 Å². The second-order valence-corrected chi connectivity index (χ2v) is 4.28. The first-order valence-electron chi connectivity index (χ1n) is 5.62. The first-order valence-corrected chi connectivity index (χ1v) is 6.00. The number of hydrogen-bond donors (Lipinski definition) is 0. The summed E-state index contributed by atoms with van der Waals surface area (Å²) in [6.45, 7) is 2.04. The van der Waals surface area contributed by atoms with Gasteiger partial charge in [0.15, 0.2) is 16.7 Å². The highest BCUT2D eigenvalue weighted by Crippen LogP contribution is 2.32. The average molecular weight is 242 g/mol. The molecule has 88 valence electrons. The second kappa shape index (κ2) is 5.34. The Morgan fingerprint density at radius 2 is 1.88 bits per heavy atom. The number of nitrogens with zero attached hydrogens (tertiary/aromatic N) is 3. The molecule has 1 aromatic heterocycles. The van der Waals surface area contributed by atoms with Gasteiger partial charge in [-0.1, -0.05) is 24.4 Å². The van der Waals surface area contributed by atoms with Crippen LogP contribution < -0.4 is 9.64 Å². The Labute approximate surface area is 101 Å². The zero-order valence-electron chi connectivity index (χ0n) is 9.45. The molecule has 1 aliphatic heterocycles. The fourth-order valence-electron chi connectivity index (χ4n) is 2.03. The SMILES string of the molecule is COc1c(Cl)ncnc1N1CCCCCC1. The van der Waals surface area contributed by atoms with Crippen LogP contribution in [0.3, 0.4) is 0 Å². The van der Waals surface area contributed by atoms with Crippen LogP contribution in [0.1, 0.15) is 25.7 Å². The summed E-state index contributed by atoms with van der Waals surface area (Å²) in [5.41, 5.74) is 0. The molecule has 0 aromatic carbocycles. The fourth-order valence-corrected chi connectivity index (χ4v) is 2.23. The topological polar surface area (TPSA) is 38.3 Å². The number of anilines is 1. The maximum atomic E-state index is 5.99. The molecule has 0 amide bonds. The van der Waals surface area contributed by atoms with Crippen LogP contribution in [-0.2, 0) is 0 Å². The lowest BCUT2D eigenvalue weighted by atomic mass is 10.2. The highest BCUT2D eigenvalue weighted by atomic mass is 35.5. The predicted molar refractivity (Wildman–Crippen MR) is 64.3 cm³/mol. The maximum Gasteiger partial charge on any atom is 0.199 e. The van der Waals surface area contributed by atoms with Gasteiger partial charge >= 0.3 is 0 Å². The molecule has 0 N–H and O–H groups in total. The van der Waals surface area contributed by atoms with Crippen molar-refractivity contribution in [2.24, 2.45) is 0 Å². The summed E-state index contributed by atoms with van der Waals surface area (Å²) in [7, 11) is 1.60. The van der Waals surface area contributed by atoms with E-state index in [0.717, 1.165) is 18.9 Å². The molecule has 1 saturated heterocycles. The van der Waals surface area contributed by atoms with E-state index >= 15 is 0 Å². The Hall–Kier alpha value is -1.03. The van der Waals surface area contributed by atoms with Crippen LogP contribution in [0.15, 0.2) is 6.33 Å².